The van der Waals surface area contributed by atoms with E-state index in [0.29, 0.717) is 12.3 Å². The average Bonchev–Trinajstić information content (AvgIpc) is 2.67. The maximum Gasteiger partial charge on any atom is 0.319 e. The Hall–Kier alpha value is -1.27. The first kappa shape index (κ1) is 12.2. The van der Waals surface area contributed by atoms with Gasteiger partial charge in [0.15, 0.2) is 11.2 Å². The molecular formula is C11H13NO4S. The van der Waals surface area contributed by atoms with Crippen LogP contribution in [-0.2, 0) is 20.7 Å². The molecule has 6 heteroatoms. The fourth-order valence-electron chi connectivity index (χ4n) is 1.94. The largest absolute Gasteiger partial charge is 0.480 e. The number of ketones is 1. The highest BCUT2D eigenvalue weighted by atomic mass is 32.1. The van der Waals surface area contributed by atoms with E-state index in [9.17, 15) is 14.7 Å². The summed E-state index contributed by atoms with van der Waals surface area (Å²) >= 11 is 1.45. The molecule has 1 fully saturated rings. The molecule has 0 aliphatic carbocycles. The number of aryl methyl sites for hydroxylation is 1. The smallest absolute Gasteiger partial charge is 0.319 e. The third-order valence-electron chi connectivity index (χ3n) is 2.91. The SMILES string of the molecule is Cc1nc(CC2(C(=O)O)COCCC2=O)cs1. The summed E-state index contributed by atoms with van der Waals surface area (Å²) in [6, 6.07) is 0. The van der Waals surface area contributed by atoms with Crippen molar-refractivity contribution in [3.63, 3.8) is 0 Å². The summed E-state index contributed by atoms with van der Waals surface area (Å²) in [6.07, 6.45) is 0.279. The maximum atomic E-state index is 11.9. The second kappa shape index (κ2) is 4.54. The molecule has 1 unspecified atom stereocenters. The number of thiazole rings is 1. The Morgan fingerprint density at radius 2 is 2.47 bits per heavy atom. The summed E-state index contributed by atoms with van der Waals surface area (Å²) in [5.74, 6) is -1.38. The van der Waals surface area contributed by atoms with Crippen LogP contribution in [0.3, 0.4) is 0 Å². The number of aromatic nitrogens is 1. The summed E-state index contributed by atoms with van der Waals surface area (Å²) in [5.41, 5.74) is -0.799. The number of carboxylic acids is 1. The number of Topliss-reactive ketones (excluding diaryl/α,β-unsaturated/α-hetero) is 1. The van der Waals surface area contributed by atoms with E-state index in [1.807, 2.05) is 6.92 Å². The van der Waals surface area contributed by atoms with Gasteiger partial charge >= 0.3 is 5.97 Å². The third kappa shape index (κ3) is 2.23. The molecule has 2 heterocycles. The van der Waals surface area contributed by atoms with Gasteiger partial charge in [-0.1, -0.05) is 0 Å². The lowest BCUT2D eigenvalue weighted by Gasteiger charge is -2.30. The van der Waals surface area contributed by atoms with E-state index in [1.54, 1.807) is 5.38 Å². The summed E-state index contributed by atoms with van der Waals surface area (Å²) in [5, 5.41) is 12.0. The van der Waals surface area contributed by atoms with E-state index >= 15 is 0 Å². The minimum Gasteiger partial charge on any atom is -0.480 e. The van der Waals surface area contributed by atoms with Crippen molar-refractivity contribution in [2.24, 2.45) is 5.41 Å². The molecule has 1 aliphatic heterocycles. The van der Waals surface area contributed by atoms with Crippen molar-refractivity contribution in [1.29, 1.82) is 0 Å². The van der Waals surface area contributed by atoms with Gasteiger partial charge in [-0.05, 0) is 6.92 Å². The van der Waals surface area contributed by atoms with Crippen LogP contribution < -0.4 is 0 Å². The van der Waals surface area contributed by atoms with Crippen LogP contribution >= 0.6 is 11.3 Å². The second-order valence-corrected chi connectivity index (χ2v) is 5.21. The lowest BCUT2D eigenvalue weighted by Crippen LogP contribution is -2.48. The Bertz CT molecular complexity index is 456. The van der Waals surface area contributed by atoms with Crippen molar-refractivity contribution < 1.29 is 19.4 Å². The minimum atomic E-state index is -1.45. The highest BCUT2D eigenvalue weighted by molar-refractivity contribution is 7.09. The zero-order chi connectivity index (χ0) is 12.5. The highest BCUT2D eigenvalue weighted by Gasteiger charge is 2.48. The number of carbonyl (C=O) groups is 2. The number of carboxylic acid groups (broad SMARTS) is 1. The predicted molar refractivity (Wildman–Crippen MR) is 61.1 cm³/mol. The Balaban J connectivity index is 2.28. The first-order valence-corrected chi connectivity index (χ1v) is 6.18. The molecule has 0 bridgehead atoms. The van der Waals surface area contributed by atoms with Crippen LogP contribution in [0.15, 0.2) is 5.38 Å². The average molecular weight is 255 g/mol. The Morgan fingerprint density at radius 1 is 1.71 bits per heavy atom. The number of carbonyl (C=O) groups excluding carboxylic acids is 1. The van der Waals surface area contributed by atoms with Gasteiger partial charge in [-0.3, -0.25) is 9.59 Å². The van der Waals surface area contributed by atoms with Gasteiger partial charge in [0, 0.05) is 18.2 Å². The summed E-state index contributed by atoms with van der Waals surface area (Å²) < 4.78 is 5.17. The van der Waals surface area contributed by atoms with Crippen molar-refractivity contribution in [2.75, 3.05) is 13.2 Å². The van der Waals surface area contributed by atoms with Crippen molar-refractivity contribution in [3.8, 4) is 0 Å². The van der Waals surface area contributed by atoms with Crippen LogP contribution in [0.2, 0.25) is 0 Å². The van der Waals surface area contributed by atoms with E-state index in [1.165, 1.54) is 11.3 Å². The zero-order valence-electron chi connectivity index (χ0n) is 9.43. The molecule has 1 saturated heterocycles. The van der Waals surface area contributed by atoms with Crippen molar-refractivity contribution in [1.82, 2.24) is 4.98 Å². The van der Waals surface area contributed by atoms with Crippen LogP contribution in [0.1, 0.15) is 17.1 Å². The third-order valence-corrected chi connectivity index (χ3v) is 3.74. The highest BCUT2D eigenvalue weighted by Crippen LogP contribution is 2.30. The lowest BCUT2D eigenvalue weighted by atomic mass is 9.77. The molecule has 92 valence electrons. The first-order valence-electron chi connectivity index (χ1n) is 5.30. The van der Waals surface area contributed by atoms with Crippen LogP contribution in [-0.4, -0.2) is 35.1 Å². The van der Waals surface area contributed by atoms with E-state index in [0.717, 1.165) is 5.01 Å². The molecule has 17 heavy (non-hydrogen) atoms. The summed E-state index contributed by atoms with van der Waals surface area (Å²) in [6.45, 7) is 2.10. The Kier molecular flexibility index (Phi) is 3.26. The normalized spacial score (nSPS) is 24.9. The van der Waals surface area contributed by atoms with Gasteiger partial charge in [0.1, 0.15) is 0 Å². The zero-order valence-corrected chi connectivity index (χ0v) is 10.2. The fourth-order valence-corrected chi connectivity index (χ4v) is 2.55. The molecule has 1 aromatic rings. The van der Waals surface area contributed by atoms with Crippen molar-refractivity contribution in [3.05, 3.63) is 16.1 Å². The van der Waals surface area contributed by atoms with Gasteiger partial charge in [0.05, 0.1) is 23.9 Å². The molecule has 2 rings (SSSR count). The topological polar surface area (TPSA) is 76.5 Å². The molecule has 1 atom stereocenters. The van der Waals surface area contributed by atoms with Gasteiger partial charge in [-0.2, -0.15) is 0 Å². The number of rotatable bonds is 3. The molecular weight excluding hydrogens is 242 g/mol. The van der Waals surface area contributed by atoms with E-state index in [4.69, 9.17) is 4.74 Å². The standard InChI is InChI=1S/C11H13NO4S/c1-7-12-8(5-17-7)4-11(10(14)15)6-16-3-2-9(11)13/h5H,2-4,6H2,1H3,(H,14,15). The Labute approximate surface area is 102 Å². The fraction of sp³-hybridized carbons (Fsp3) is 0.545. The van der Waals surface area contributed by atoms with E-state index < -0.39 is 11.4 Å². The molecule has 1 aromatic heterocycles. The monoisotopic (exact) mass is 255 g/mol. The summed E-state index contributed by atoms with van der Waals surface area (Å²) in [4.78, 5) is 27.5. The number of nitrogens with zero attached hydrogens (tertiary/aromatic N) is 1. The molecule has 1 N–H and O–H groups in total. The van der Waals surface area contributed by atoms with E-state index in [-0.39, 0.29) is 25.2 Å². The van der Waals surface area contributed by atoms with Crippen LogP contribution in [0, 0.1) is 12.3 Å². The van der Waals surface area contributed by atoms with Gasteiger partial charge in [-0.15, -0.1) is 11.3 Å². The number of hydrogen-bond donors (Lipinski definition) is 1. The number of aliphatic carboxylic acids is 1. The van der Waals surface area contributed by atoms with Gasteiger partial charge < -0.3 is 9.84 Å². The lowest BCUT2D eigenvalue weighted by molar-refractivity contribution is -0.164. The summed E-state index contributed by atoms with van der Waals surface area (Å²) in [7, 11) is 0. The maximum absolute atomic E-state index is 11.9. The molecule has 0 saturated carbocycles. The van der Waals surface area contributed by atoms with Crippen LogP contribution in [0.5, 0.6) is 0 Å². The minimum absolute atomic E-state index is 0.0578. The molecule has 0 amide bonds. The number of hydrogen-bond acceptors (Lipinski definition) is 5. The van der Waals surface area contributed by atoms with Gasteiger partial charge in [0.2, 0.25) is 0 Å². The predicted octanol–water partition coefficient (Wildman–Crippen LogP) is 1.05. The second-order valence-electron chi connectivity index (χ2n) is 4.15. The van der Waals surface area contributed by atoms with Crippen molar-refractivity contribution in [2.45, 2.75) is 19.8 Å². The molecule has 0 radical (unpaired) electrons. The molecule has 5 nitrogen and oxygen atoms in total. The molecule has 0 spiro atoms. The molecule has 0 aromatic carbocycles. The van der Waals surface area contributed by atoms with Gasteiger partial charge in [0.25, 0.3) is 0 Å². The van der Waals surface area contributed by atoms with Gasteiger partial charge in [-0.25, -0.2) is 4.98 Å². The van der Waals surface area contributed by atoms with E-state index in [2.05, 4.69) is 4.98 Å². The molecule has 1 aliphatic rings. The quantitative estimate of drug-likeness (QED) is 0.817. The van der Waals surface area contributed by atoms with Crippen molar-refractivity contribution >= 4 is 23.1 Å². The number of ether oxygens (including phenoxy) is 1. The first-order chi connectivity index (χ1) is 8.04. The Morgan fingerprint density at radius 3 is 3.00 bits per heavy atom. The van der Waals surface area contributed by atoms with Crippen LogP contribution in [0.25, 0.3) is 0 Å². The van der Waals surface area contributed by atoms with Crippen LogP contribution in [0.4, 0.5) is 0 Å².